The smallest absolute Gasteiger partial charge is 0.0592 e. The second-order valence-electron chi connectivity index (χ2n) is 4.58. The number of hydrogen-bond acceptors (Lipinski definition) is 3. The molecule has 3 N–H and O–H groups in total. The molecule has 0 radical (unpaired) electrons. The minimum absolute atomic E-state index is 0.369. The first-order valence-corrected chi connectivity index (χ1v) is 5.88. The molecule has 2 unspecified atom stereocenters. The fraction of sp³-hybridized carbons (Fsp3) is 0.538. The van der Waals surface area contributed by atoms with E-state index in [-0.39, 0.29) is 0 Å². The van der Waals surface area contributed by atoms with Gasteiger partial charge in [0.15, 0.2) is 0 Å². The molecule has 0 aromatic heterocycles. The molecule has 1 aromatic rings. The third-order valence-electron chi connectivity index (χ3n) is 3.35. The Hall–Kier alpha value is -1.22. The molecule has 0 spiro atoms. The topological polar surface area (TPSA) is 47.3 Å². The predicted octanol–water partition coefficient (Wildman–Crippen LogP) is 2.41. The van der Waals surface area contributed by atoms with E-state index in [2.05, 4.69) is 19.2 Å². The van der Waals surface area contributed by atoms with E-state index in [1.165, 1.54) is 5.56 Å². The molecule has 1 heterocycles. The van der Waals surface area contributed by atoms with Gasteiger partial charge in [0.2, 0.25) is 0 Å². The maximum absolute atomic E-state index is 5.77. The fourth-order valence-electron chi connectivity index (χ4n) is 2.12. The van der Waals surface area contributed by atoms with Gasteiger partial charge in [0.05, 0.1) is 6.10 Å². The lowest BCUT2D eigenvalue weighted by molar-refractivity contribution is 0.108. The van der Waals surface area contributed by atoms with Crippen molar-refractivity contribution in [2.24, 2.45) is 5.92 Å². The molecule has 0 amide bonds. The van der Waals surface area contributed by atoms with Crippen LogP contribution in [0.5, 0.6) is 0 Å². The Balaban J connectivity index is 1.96. The highest BCUT2D eigenvalue weighted by Crippen LogP contribution is 2.23. The van der Waals surface area contributed by atoms with Crippen LogP contribution in [0.2, 0.25) is 0 Å². The quantitative estimate of drug-likeness (QED) is 0.769. The van der Waals surface area contributed by atoms with E-state index in [1.807, 2.05) is 18.2 Å². The third-order valence-corrected chi connectivity index (χ3v) is 3.35. The first-order valence-electron chi connectivity index (χ1n) is 5.88. The van der Waals surface area contributed by atoms with E-state index in [0.29, 0.717) is 12.0 Å². The summed E-state index contributed by atoms with van der Waals surface area (Å²) in [4.78, 5) is 0. The number of benzene rings is 1. The van der Waals surface area contributed by atoms with Crippen molar-refractivity contribution in [3.63, 3.8) is 0 Å². The lowest BCUT2D eigenvalue weighted by Gasteiger charge is -2.17. The van der Waals surface area contributed by atoms with Crippen molar-refractivity contribution in [2.45, 2.75) is 26.4 Å². The maximum Gasteiger partial charge on any atom is 0.0592 e. The molecule has 1 saturated heterocycles. The van der Waals surface area contributed by atoms with E-state index >= 15 is 0 Å². The molecule has 16 heavy (non-hydrogen) atoms. The molecular formula is C13H20N2O. The minimum atomic E-state index is 0.369. The lowest BCUT2D eigenvalue weighted by Crippen LogP contribution is -2.21. The predicted molar refractivity (Wildman–Crippen MR) is 67.6 cm³/mol. The van der Waals surface area contributed by atoms with Gasteiger partial charge in [-0.2, -0.15) is 0 Å². The number of aryl methyl sites for hydroxylation is 1. The Morgan fingerprint density at radius 1 is 1.50 bits per heavy atom. The summed E-state index contributed by atoms with van der Waals surface area (Å²) in [7, 11) is 0. The van der Waals surface area contributed by atoms with E-state index in [4.69, 9.17) is 10.5 Å². The van der Waals surface area contributed by atoms with Crippen LogP contribution in [0, 0.1) is 12.8 Å². The summed E-state index contributed by atoms with van der Waals surface area (Å²) >= 11 is 0. The first-order chi connectivity index (χ1) is 7.66. The van der Waals surface area contributed by atoms with Crippen LogP contribution in [0.15, 0.2) is 18.2 Å². The van der Waals surface area contributed by atoms with E-state index in [1.54, 1.807) is 0 Å². The van der Waals surface area contributed by atoms with Gasteiger partial charge in [-0.15, -0.1) is 0 Å². The minimum Gasteiger partial charge on any atom is -0.399 e. The highest BCUT2D eigenvalue weighted by atomic mass is 16.5. The van der Waals surface area contributed by atoms with Crippen molar-refractivity contribution in [1.29, 1.82) is 0 Å². The molecule has 3 nitrogen and oxygen atoms in total. The number of hydrogen-bond donors (Lipinski definition) is 2. The Bertz CT molecular complexity index is 365. The maximum atomic E-state index is 5.77. The van der Waals surface area contributed by atoms with Crippen molar-refractivity contribution in [2.75, 3.05) is 24.2 Å². The summed E-state index contributed by atoms with van der Waals surface area (Å²) in [5.74, 6) is 0.612. The normalized spacial score (nSPS) is 24.6. The second kappa shape index (κ2) is 4.74. The summed E-state index contributed by atoms with van der Waals surface area (Å²) in [6.07, 6.45) is 1.52. The van der Waals surface area contributed by atoms with Gasteiger partial charge in [0.25, 0.3) is 0 Å². The zero-order chi connectivity index (χ0) is 11.5. The number of anilines is 2. The molecule has 3 heteroatoms. The summed E-state index contributed by atoms with van der Waals surface area (Å²) < 4.78 is 5.54. The van der Waals surface area contributed by atoms with Crippen molar-refractivity contribution >= 4 is 11.4 Å². The van der Waals surface area contributed by atoms with Crippen molar-refractivity contribution in [3.05, 3.63) is 23.8 Å². The molecule has 0 bridgehead atoms. The third kappa shape index (κ3) is 2.47. The number of rotatable bonds is 3. The summed E-state index contributed by atoms with van der Waals surface area (Å²) in [5, 5.41) is 3.47. The van der Waals surface area contributed by atoms with Gasteiger partial charge < -0.3 is 15.8 Å². The van der Waals surface area contributed by atoms with Gasteiger partial charge in [0, 0.05) is 30.4 Å². The molecule has 1 aromatic carbocycles. The van der Waals surface area contributed by atoms with Crippen LogP contribution < -0.4 is 11.1 Å². The van der Waals surface area contributed by atoms with E-state index in [0.717, 1.165) is 30.9 Å². The highest BCUT2D eigenvalue weighted by Gasteiger charge is 2.23. The van der Waals surface area contributed by atoms with Crippen LogP contribution in [-0.4, -0.2) is 19.3 Å². The average Bonchev–Trinajstić information content (AvgIpc) is 2.66. The Morgan fingerprint density at radius 2 is 2.31 bits per heavy atom. The second-order valence-corrected chi connectivity index (χ2v) is 4.58. The molecule has 1 aliphatic rings. The monoisotopic (exact) mass is 220 g/mol. The molecular weight excluding hydrogens is 200 g/mol. The van der Waals surface area contributed by atoms with E-state index < -0.39 is 0 Å². The van der Waals surface area contributed by atoms with Crippen LogP contribution in [0.1, 0.15) is 18.9 Å². The molecule has 1 fully saturated rings. The van der Waals surface area contributed by atoms with Crippen LogP contribution in [0.25, 0.3) is 0 Å². The van der Waals surface area contributed by atoms with Gasteiger partial charge in [-0.1, -0.05) is 6.07 Å². The standard InChI is InChI=1S/C13H20N2O/c1-9-3-4-12(14)7-13(9)15-8-11-5-6-16-10(11)2/h3-4,7,10-11,15H,5-6,8,14H2,1-2H3. The summed E-state index contributed by atoms with van der Waals surface area (Å²) in [5.41, 5.74) is 8.96. The Kier molecular flexibility index (Phi) is 3.34. The van der Waals surface area contributed by atoms with Crippen LogP contribution >= 0.6 is 0 Å². The fourth-order valence-corrected chi connectivity index (χ4v) is 2.12. The van der Waals surface area contributed by atoms with Gasteiger partial charge in [0.1, 0.15) is 0 Å². The molecule has 2 atom stereocenters. The van der Waals surface area contributed by atoms with Gasteiger partial charge >= 0.3 is 0 Å². The Labute approximate surface area is 97.0 Å². The highest BCUT2D eigenvalue weighted by molar-refractivity contribution is 5.59. The zero-order valence-electron chi connectivity index (χ0n) is 9.99. The molecule has 2 rings (SSSR count). The van der Waals surface area contributed by atoms with Crippen LogP contribution in [0.4, 0.5) is 11.4 Å². The van der Waals surface area contributed by atoms with Crippen LogP contribution in [0.3, 0.4) is 0 Å². The molecule has 0 aliphatic carbocycles. The van der Waals surface area contributed by atoms with Gasteiger partial charge in [-0.25, -0.2) is 0 Å². The summed E-state index contributed by atoms with van der Waals surface area (Å²) in [6.45, 7) is 6.09. The Morgan fingerprint density at radius 3 is 3.00 bits per heavy atom. The number of nitrogens with two attached hydrogens (primary N) is 1. The molecule has 0 saturated carbocycles. The van der Waals surface area contributed by atoms with Crippen molar-refractivity contribution in [1.82, 2.24) is 0 Å². The number of ether oxygens (including phenoxy) is 1. The summed E-state index contributed by atoms with van der Waals surface area (Å²) in [6, 6.07) is 5.98. The van der Waals surface area contributed by atoms with Crippen molar-refractivity contribution < 1.29 is 4.74 Å². The number of nitrogens with one attached hydrogen (secondary N) is 1. The average molecular weight is 220 g/mol. The molecule has 1 aliphatic heterocycles. The lowest BCUT2D eigenvalue weighted by atomic mass is 10.0. The first kappa shape index (κ1) is 11.3. The zero-order valence-corrected chi connectivity index (χ0v) is 9.99. The number of nitrogen functional groups attached to an aromatic ring is 1. The largest absolute Gasteiger partial charge is 0.399 e. The van der Waals surface area contributed by atoms with Gasteiger partial charge in [-0.05, 0) is 38.0 Å². The molecule has 88 valence electrons. The van der Waals surface area contributed by atoms with Gasteiger partial charge in [-0.3, -0.25) is 0 Å². The van der Waals surface area contributed by atoms with Crippen LogP contribution in [-0.2, 0) is 4.74 Å². The van der Waals surface area contributed by atoms with E-state index in [9.17, 15) is 0 Å². The van der Waals surface area contributed by atoms with Crippen molar-refractivity contribution in [3.8, 4) is 0 Å². The SMILES string of the molecule is Cc1ccc(N)cc1NCC1CCOC1C.